The first kappa shape index (κ1) is 14.1. The van der Waals surface area contributed by atoms with Crippen LogP contribution in [-0.2, 0) is 4.79 Å². The number of aromatic nitrogens is 2. The Bertz CT molecular complexity index is 596. The van der Waals surface area contributed by atoms with Gasteiger partial charge in [-0.2, -0.15) is 5.10 Å². The lowest BCUT2D eigenvalue weighted by molar-refractivity contribution is -0.120. The van der Waals surface area contributed by atoms with Gasteiger partial charge in [0.2, 0.25) is 5.91 Å². The van der Waals surface area contributed by atoms with E-state index in [1.807, 2.05) is 24.3 Å². The number of anilines is 1. The van der Waals surface area contributed by atoms with Gasteiger partial charge >= 0.3 is 0 Å². The minimum atomic E-state index is -0.945. The zero-order chi connectivity index (χ0) is 14.8. The summed E-state index contributed by atoms with van der Waals surface area (Å²) < 4.78 is 5.10. The molecule has 1 heterocycles. The fraction of sp³-hybridized carbons (Fsp3) is 0.286. The van der Waals surface area contributed by atoms with Gasteiger partial charge in [0.15, 0.2) is 5.82 Å². The lowest BCUT2D eigenvalue weighted by Crippen LogP contribution is -2.45. The molecule has 0 aliphatic carbocycles. The molecular weight excluding hydrogens is 256 g/mol. The molecule has 0 saturated carbocycles. The fourth-order valence-corrected chi connectivity index (χ4v) is 1.58. The molecule has 106 valence electrons. The quantitative estimate of drug-likeness (QED) is 0.792. The maximum absolute atomic E-state index is 11.8. The third-order valence-electron chi connectivity index (χ3n) is 2.81. The minimum absolute atomic E-state index is 0.287. The highest BCUT2D eigenvalue weighted by Gasteiger charge is 2.22. The second kappa shape index (κ2) is 5.34. The van der Waals surface area contributed by atoms with Crippen LogP contribution in [0.15, 0.2) is 30.3 Å². The van der Waals surface area contributed by atoms with Crippen molar-refractivity contribution in [2.24, 2.45) is 5.73 Å². The van der Waals surface area contributed by atoms with Crippen LogP contribution in [0.3, 0.4) is 0 Å². The molecule has 0 aliphatic heterocycles. The van der Waals surface area contributed by atoms with E-state index in [9.17, 15) is 4.79 Å². The number of hydrogen-bond acceptors (Lipinski definition) is 4. The first-order valence-corrected chi connectivity index (χ1v) is 6.20. The molecule has 6 heteroatoms. The monoisotopic (exact) mass is 274 g/mol. The van der Waals surface area contributed by atoms with E-state index in [0.29, 0.717) is 5.82 Å². The Balaban J connectivity index is 2.14. The van der Waals surface area contributed by atoms with Crippen LogP contribution in [-0.4, -0.2) is 28.8 Å². The minimum Gasteiger partial charge on any atom is -0.497 e. The normalized spacial score (nSPS) is 11.2. The molecule has 2 aromatic rings. The van der Waals surface area contributed by atoms with Gasteiger partial charge in [-0.15, -0.1) is 0 Å². The maximum Gasteiger partial charge on any atom is 0.245 e. The van der Waals surface area contributed by atoms with Gasteiger partial charge in [-0.1, -0.05) is 0 Å². The van der Waals surface area contributed by atoms with E-state index in [0.717, 1.165) is 17.0 Å². The molecule has 20 heavy (non-hydrogen) atoms. The number of benzene rings is 1. The Labute approximate surface area is 117 Å². The number of hydrogen-bond donors (Lipinski definition) is 3. The summed E-state index contributed by atoms with van der Waals surface area (Å²) >= 11 is 0. The number of methoxy groups -OCH3 is 1. The molecule has 0 saturated heterocycles. The maximum atomic E-state index is 11.8. The van der Waals surface area contributed by atoms with Crippen molar-refractivity contribution in [2.45, 2.75) is 19.4 Å². The van der Waals surface area contributed by atoms with Crippen LogP contribution in [0.4, 0.5) is 5.82 Å². The average Bonchev–Trinajstić information content (AvgIpc) is 2.86. The molecule has 0 unspecified atom stereocenters. The van der Waals surface area contributed by atoms with Crippen LogP contribution < -0.4 is 15.8 Å². The molecule has 0 fully saturated rings. The van der Waals surface area contributed by atoms with Gasteiger partial charge in [0, 0.05) is 6.07 Å². The standard InChI is InChI=1S/C14H18N4O2/c1-14(2,15)13(19)16-12-8-11(17-18-12)9-4-6-10(20-3)7-5-9/h4-8H,15H2,1-3H3,(H2,16,17,18,19). The van der Waals surface area contributed by atoms with E-state index in [4.69, 9.17) is 10.5 Å². The summed E-state index contributed by atoms with van der Waals surface area (Å²) in [6, 6.07) is 9.29. The molecule has 0 spiro atoms. The Morgan fingerprint density at radius 3 is 2.55 bits per heavy atom. The van der Waals surface area contributed by atoms with Gasteiger partial charge in [0.25, 0.3) is 0 Å². The number of amides is 1. The van der Waals surface area contributed by atoms with Gasteiger partial charge in [0.05, 0.1) is 18.3 Å². The van der Waals surface area contributed by atoms with E-state index in [1.54, 1.807) is 27.0 Å². The van der Waals surface area contributed by atoms with Crippen LogP contribution in [0.1, 0.15) is 13.8 Å². The third kappa shape index (κ3) is 3.16. The topological polar surface area (TPSA) is 93.0 Å². The number of rotatable bonds is 4. The average molecular weight is 274 g/mol. The van der Waals surface area contributed by atoms with E-state index in [2.05, 4.69) is 15.5 Å². The number of H-pyrrole nitrogens is 1. The molecule has 6 nitrogen and oxygen atoms in total. The van der Waals surface area contributed by atoms with Crippen LogP contribution in [0, 0.1) is 0 Å². The van der Waals surface area contributed by atoms with Crippen LogP contribution in [0.5, 0.6) is 5.75 Å². The summed E-state index contributed by atoms with van der Waals surface area (Å²) in [5.41, 5.74) is 6.52. The number of aromatic amines is 1. The molecule has 0 atom stereocenters. The van der Waals surface area contributed by atoms with Gasteiger partial charge in [-0.05, 0) is 43.7 Å². The molecule has 1 aromatic heterocycles. The van der Waals surface area contributed by atoms with Crippen molar-refractivity contribution in [3.8, 4) is 17.0 Å². The smallest absolute Gasteiger partial charge is 0.245 e. The first-order valence-electron chi connectivity index (χ1n) is 6.20. The zero-order valence-corrected chi connectivity index (χ0v) is 11.7. The van der Waals surface area contributed by atoms with Crippen molar-refractivity contribution < 1.29 is 9.53 Å². The largest absolute Gasteiger partial charge is 0.497 e. The van der Waals surface area contributed by atoms with Crippen molar-refractivity contribution in [3.63, 3.8) is 0 Å². The molecule has 1 aromatic carbocycles. The van der Waals surface area contributed by atoms with Crippen molar-refractivity contribution in [1.82, 2.24) is 10.2 Å². The summed E-state index contributed by atoms with van der Waals surface area (Å²) in [7, 11) is 1.62. The molecule has 2 rings (SSSR count). The van der Waals surface area contributed by atoms with Crippen LogP contribution in [0.25, 0.3) is 11.3 Å². The number of nitrogens with zero attached hydrogens (tertiary/aromatic N) is 1. The second-order valence-corrected chi connectivity index (χ2v) is 5.07. The first-order chi connectivity index (χ1) is 9.40. The fourth-order valence-electron chi connectivity index (χ4n) is 1.58. The van der Waals surface area contributed by atoms with E-state index in [-0.39, 0.29) is 5.91 Å². The molecule has 1 amide bonds. The Hall–Kier alpha value is -2.34. The van der Waals surface area contributed by atoms with Gasteiger partial charge < -0.3 is 15.8 Å². The van der Waals surface area contributed by atoms with E-state index >= 15 is 0 Å². The summed E-state index contributed by atoms with van der Waals surface area (Å²) in [6.45, 7) is 3.28. The number of nitrogens with two attached hydrogens (primary N) is 1. The number of nitrogens with one attached hydrogen (secondary N) is 2. The van der Waals surface area contributed by atoms with E-state index in [1.165, 1.54) is 0 Å². The molecule has 4 N–H and O–H groups in total. The summed E-state index contributed by atoms with van der Waals surface area (Å²) in [5, 5.41) is 9.58. The van der Waals surface area contributed by atoms with Crippen molar-refractivity contribution in [1.29, 1.82) is 0 Å². The number of ether oxygens (including phenoxy) is 1. The zero-order valence-electron chi connectivity index (χ0n) is 11.7. The molecular formula is C14H18N4O2. The predicted octanol–water partition coefficient (Wildman–Crippen LogP) is 1.76. The predicted molar refractivity (Wildman–Crippen MR) is 77.5 cm³/mol. The van der Waals surface area contributed by atoms with Crippen LogP contribution in [0.2, 0.25) is 0 Å². The molecule has 0 bridgehead atoms. The third-order valence-corrected chi connectivity index (χ3v) is 2.81. The highest BCUT2D eigenvalue weighted by atomic mass is 16.5. The van der Waals surface area contributed by atoms with Crippen LogP contribution >= 0.6 is 0 Å². The molecule has 0 aliphatic rings. The van der Waals surface area contributed by atoms with Gasteiger partial charge in [-0.25, -0.2) is 0 Å². The summed E-state index contributed by atoms with van der Waals surface area (Å²) in [5.74, 6) is 0.941. The summed E-state index contributed by atoms with van der Waals surface area (Å²) in [4.78, 5) is 11.8. The SMILES string of the molecule is COc1ccc(-c2cc(NC(=O)C(C)(C)N)n[nH]2)cc1. The highest BCUT2D eigenvalue weighted by Crippen LogP contribution is 2.22. The molecule has 0 radical (unpaired) electrons. The second-order valence-electron chi connectivity index (χ2n) is 5.07. The lowest BCUT2D eigenvalue weighted by Gasteiger charge is -2.16. The van der Waals surface area contributed by atoms with Gasteiger partial charge in [0.1, 0.15) is 5.75 Å². The van der Waals surface area contributed by atoms with Crippen molar-refractivity contribution in [3.05, 3.63) is 30.3 Å². The van der Waals surface area contributed by atoms with Crippen molar-refractivity contribution >= 4 is 11.7 Å². The van der Waals surface area contributed by atoms with E-state index < -0.39 is 5.54 Å². The van der Waals surface area contributed by atoms with Crippen molar-refractivity contribution in [2.75, 3.05) is 12.4 Å². The number of carbonyl (C=O) groups is 1. The Morgan fingerprint density at radius 1 is 1.35 bits per heavy atom. The number of carbonyl (C=O) groups excluding carboxylic acids is 1. The Kier molecular flexibility index (Phi) is 3.76. The highest BCUT2D eigenvalue weighted by molar-refractivity contribution is 5.96. The lowest BCUT2D eigenvalue weighted by atomic mass is 10.1. The van der Waals surface area contributed by atoms with Gasteiger partial charge in [-0.3, -0.25) is 9.89 Å². The Morgan fingerprint density at radius 2 is 2.00 bits per heavy atom. The summed E-state index contributed by atoms with van der Waals surface area (Å²) in [6.07, 6.45) is 0.